The van der Waals surface area contributed by atoms with Crippen molar-refractivity contribution in [2.75, 3.05) is 13.3 Å². The van der Waals surface area contributed by atoms with Crippen LogP contribution in [-0.4, -0.2) is 32.5 Å². The molecule has 5 heteroatoms. The number of carbonyl (C=O) groups is 1. The predicted octanol–water partition coefficient (Wildman–Crippen LogP) is 3.16. The summed E-state index contributed by atoms with van der Waals surface area (Å²) < 4.78 is 23.0. The van der Waals surface area contributed by atoms with Gasteiger partial charge < -0.3 is 4.90 Å². The summed E-state index contributed by atoms with van der Waals surface area (Å²) in [4.78, 5) is 14.4. The minimum absolute atomic E-state index is 0.0264. The van der Waals surface area contributed by atoms with Crippen molar-refractivity contribution in [3.05, 3.63) is 65.2 Å². The van der Waals surface area contributed by atoms with Gasteiger partial charge in [-0.05, 0) is 37.1 Å². The fourth-order valence-corrected chi connectivity index (χ4v) is 3.07. The third kappa shape index (κ3) is 4.45. The Morgan fingerprint density at radius 3 is 2.08 bits per heavy atom. The zero-order chi connectivity index (χ0) is 17.9. The van der Waals surface area contributed by atoms with E-state index in [1.165, 1.54) is 11.8 Å². The highest BCUT2D eigenvalue weighted by Gasteiger charge is 2.18. The summed E-state index contributed by atoms with van der Waals surface area (Å²) in [6.45, 7) is 3.95. The summed E-state index contributed by atoms with van der Waals surface area (Å²) in [6, 6.07) is 14.5. The van der Waals surface area contributed by atoms with Gasteiger partial charge in [-0.25, -0.2) is 8.42 Å². The molecule has 0 radical (unpaired) electrons. The summed E-state index contributed by atoms with van der Waals surface area (Å²) in [5.74, 6) is 0.0264. The van der Waals surface area contributed by atoms with Crippen molar-refractivity contribution in [1.82, 2.24) is 4.90 Å². The lowest BCUT2D eigenvalue weighted by Crippen LogP contribution is -2.31. The average molecular weight is 345 g/mol. The highest BCUT2D eigenvalue weighted by molar-refractivity contribution is 7.90. The molecule has 0 N–H and O–H groups in total. The van der Waals surface area contributed by atoms with E-state index in [2.05, 4.69) is 0 Å². The molecule has 4 nitrogen and oxygen atoms in total. The number of amides is 1. The summed E-state index contributed by atoms with van der Waals surface area (Å²) in [7, 11) is -1.44. The van der Waals surface area contributed by atoms with Gasteiger partial charge in [-0.2, -0.15) is 0 Å². The molecule has 2 aromatic rings. The number of likely N-dealkylation sites (N-methyl/N-ethyl adjacent to an activating group) is 1. The van der Waals surface area contributed by atoms with Gasteiger partial charge in [-0.15, -0.1) is 0 Å². The molecule has 1 atom stereocenters. The van der Waals surface area contributed by atoms with Crippen LogP contribution in [0.1, 0.15) is 29.7 Å². The molecular weight excluding hydrogens is 322 g/mol. The Kier molecular flexibility index (Phi) is 5.44. The summed E-state index contributed by atoms with van der Waals surface area (Å²) >= 11 is 0. The molecule has 0 bridgehead atoms. The minimum Gasteiger partial charge on any atom is -0.339 e. The molecule has 2 aromatic carbocycles. The van der Waals surface area contributed by atoms with E-state index in [-0.39, 0.29) is 16.8 Å². The van der Waals surface area contributed by atoms with Crippen LogP contribution in [-0.2, 0) is 21.1 Å². The van der Waals surface area contributed by atoms with E-state index in [1.807, 2.05) is 38.1 Å². The minimum atomic E-state index is -3.21. The van der Waals surface area contributed by atoms with E-state index >= 15 is 0 Å². The summed E-state index contributed by atoms with van der Waals surface area (Å²) in [5.41, 5.74) is 3.05. The SMILES string of the molecule is Cc1ccc(CC(=O)N(C)C(C)c2ccc(S(C)(=O)=O)cc2)cc1. The molecule has 0 aliphatic carbocycles. The van der Waals surface area contributed by atoms with Crippen LogP contribution >= 0.6 is 0 Å². The van der Waals surface area contributed by atoms with Crippen LogP contribution in [0.5, 0.6) is 0 Å². The van der Waals surface area contributed by atoms with Crippen LogP contribution in [0.25, 0.3) is 0 Å². The maximum Gasteiger partial charge on any atom is 0.227 e. The molecule has 0 spiro atoms. The van der Waals surface area contributed by atoms with Crippen molar-refractivity contribution < 1.29 is 13.2 Å². The Morgan fingerprint density at radius 1 is 1.04 bits per heavy atom. The molecule has 0 heterocycles. The van der Waals surface area contributed by atoms with Crippen molar-refractivity contribution in [2.24, 2.45) is 0 Å². The highest BCUT2D eigenvalue weighted by Crippen LogP contribution is 2.21. The largest absolute Gasteiger partial charge is 0.339 e. The van der Waals surface area contributed by atoms with E-state index in [0.717, 1.165) is 11.1 Å². The monoisotopic (exact) mass is 345 g/mol. The van der Waals surface area contributed by atoms with Crippen LogP contribution < -0.4 is 0 Å². The second-order valence-electron chi connectivity index (χ2n) is 6.18. The van der Waals surface area contributed by atoms with Crippen LogP contribution in [0.4, 0.5) is 0 Å². The maximum absolute atomic E-state index is 12.5. The Balaban J connectivity index is 2.09. The first kappa shape index (κ1) is 18.2. The fraction of sp³-hybridized carbons (Fsp3) is 0.316. The second kappa shape index (κ2) is 7.18. The number of rotatable bonds is 5. The topological polar surface area (TPSA) is 54.5 Å². The van der Waals surface area contributed by atoms with Crippen molar-refractivity contribution in [2.45, 2.75) is 31.2 Å². The van der Waals surface area contributed by atoms with Crippen LogP contribution in [0.3, 0.4) is 0 Å². The molecule has 128 valence electrons. The smallest absolute Gasteiger partial charge is 0.227 e. The quantitative estimate of drug-likeness (QED) is 0.836. The number of nitrogens with zero attached hydrogens (tertiary/aromatic N) is 1. The van der Waals surface area contributed by atoms with Gasteiger partial charge in [0.05, 0.1) is 17.4 Å². The molecular formula is C19H23NO3S. The number of sulfone groups is 1. The molecule has 0 aromatic heterocycles. The Labute approximate surface area is 144 Å². The third-order valence-corrected chi connectivity index (χ3v) is 5.37. The first-order valence-corrected chi connectivity index (χ1v) is 9.69. The number of aryl methyl sites for hydroxylation is 1. The van der Waals surface area contributed by atoms with Gasteiger partial charge in [0, 0.05) is 13.3 Å². The molecule has 0 saturated carbocycles. The van der Waals surface area contributed by atoms with E-state index in [0.29, 0.717) is 6.42 Å². The predicted molar refractivity (Wildman–Crippen MR) is 95.6 cm³/mol. The van der Waals surface area contributed by atoms with Crippen LogP contribution in [0.2, 0.25) is 0 Å². The first-order valence-electron chi connectivity index (χ1n) is 7.79. The summed E-state index contributed by atoms with van der Waals surface area (Å²) in [6.07, 6.45) is 1.53. The van der Waals surface area contributed by atoms with E-state index in [9.17, 15) is 13.2 Å². The molecule has 0 fully saturated rings. The van der Waals surface area contributed by atoms with E-state index < -0.39 is 9.84 Å². The standard InChI is InChI=1S/C19H23NO3S/c1-14-5-7-16(8-6-14)13-19(21)20(3)15(2)17-9-11-18(12-10-17)24(4,22)23/h5-12,15H,13H2,1-4H3. The van der Waals surface area contributed by atoms with Gasteiger partial charge in [-0.3, -0.25) is 4.79 Å². The van der Waals surface area contributed by atoms with Crippen LogP contribution in [0.15, 0.2) is 53.4 Å². The number of hydrogen-bond acceptors (Lipinski definition) is 3. The zero-order valence-corrected chi connectivity index (χ0v) is 15.3. The molecule has 24 heavy (non-hydrogen) atoms. The molecule has 0 saturated heterocycles. The fourth-order valence-electron chi connectivity index (χ4n) is 2.44. The average Bonchev–Trinajstić information content (AvgIpc) is 2.55. The lowest BCUT2D eigenvalue weighted by atomic mass is 10.1. The van der Waals surface area contributed by atoms with Gasteiger partial charge in [0.1, 0.15) is 0 Å². The normalized spacial score (nSPS) is 12.7. The molecule has 1 unspecified atom stereocenters. The van der Waals surface area contributed by atoms with E-state index in [1.54, 1.807) is 36.2 Å². The van der Waals surface area contributed by atoms with Gasteiger partial charge >= 0.3 is 0 Å². The van der Waals surface area contributed by atoms with Gasteiger partial charge in [0.2, 0.25) is 5.91 Å². The highest BCUT2D eigenvalue weighted by atomic mass is 32.2. The lowest BCUT2D eigenvalue weighted by Gasteiger charge is -2.25. The number of benzene rings is 2. The molecule has 0 aliphatic rings. The Hall–Kier alpha value is -2.14. The second-order valence-corrected chi connectivity index (χ2v) is 8.20. The van der Waals surface area contributed by atoms with E-state index in [4.69, 9.17) is 0 Å². The maximum atomic E-state index is 12.5. The zero-order valence-electron chi connectivity index (χ0n) is 14.5. The first-order chi connectivity index (χ1) is 11.2. The van der Waals surface area contributed by atoms with Gasteiger partial charge in [0.15, 0.2) is 9.84 Å². The number of hydrogen-bond donors (Lipinski definition) is 0. The lowest BCUT2D eigenvalue weighted by molar-refractivity contribution is -0.131. The van der Waals surface area contributed by atoms with Crippen molar-refractivity contribution in [3.8, 4) is 0 Å². The van der Waals surface area contributed by atoms with Crippen molar-refractivity contribution >= 4 is 15.7 Å². The van der Waals surface area contributed by atoms with Crippen molar-refractivity contribution in [1.29, 1.82) is 0 Å². The Bertz CT molecular complexity index is 809. The Morgan fingerprint density at radius 2 is 1.58 bits per heavy atom. The molecule has 2 rings (SSSR count). The molecule has 1 amide bonds. The van der Waals surface area contributed by atoms with Gasteiger partial charge in [0.25, 0.3) is 0 Å². The number of carbonyl (C=O) groups excluding carboxylic acids is 1. The van der Waals surface area contributed by atoms with Crippen LogP contribution in [0, 0.1) is 6.92 Å². The summed E-state index contributed by atoms with van der Waals surface area (Å²) in [5, 5.41) is 0. The van der Waals surface area contributed by atoms with Crippen molar-refractivity contribution in [3.63, 3.8) is 0 Å². The van der Waals surface area contributed by atoms with Gasteiger partial charge in [-0.1, -0.05) is 42.0 Å². The molecule has 0 aliphatic heterocycles. The third-order valence-electron chi connectivity index (χ3n) is 4.24.